The lowest BCUT2D eigenvalue weighted by Gasteiger charge is -2.37. The van der Waals surface area contributed by atoms with E-state index in [1.54, 1.807) is 21.3 Å². The number of ketones is 1. The van der Waals surface area contributed by atoms with Crippen LogP contribution < -0.4 is 19.5 Å². The highest BCUT2D eigenvalue weighted by molar-refractivity contribution is 9.10. The van der Waals surface area contributed by atoms with Crippen molar-refractivity contribution in [1.82, 2.24) is 5.32 Å². The molecular weight excluding hydrogens is 538 g/mol. The van der Waals surface area contributed by atoms with Gasteiger partial charge in [-0.25, -0.2) is 4.79 Å². The largest absolute Gasteiger partial charge is 0.496 e. The number of nitrogens with one attached hydrogen (secondary N) is 1. The Kier molecular flexibility index (Phi) is 8.27. The summed E-state index contributed by atoms with van der Waals surface area (Å²) >= 11 is 3.55. The number of rotatable bonds is 8. The Morgan fingerprint density at radius 1 is 1.00 bits per heavy atom. The highest BCUT2D eigenvalue weighted by Gasteiger charge is 2.42. The standard InChI is InChI=1S/C29H32BrNO6/c1-6-11-37-29(33)26-16(2)31-21-12-18(17-7-9-24(35-4)25(14-17)36-5)13-22(32)28(21)27(26)20-15-19(30)8-10-23(20)34-3/h7-10,14-15,18,27,31H,6,11-13H2,1-5H3/t18-,27-/m1/s1. The molecule has 0 amide bonds. The fraction of sp³-hybridized carbons (Fsp3) is 0.379. The van der Waals surface area contributed by atoms with E-state index in [0.717, 1.165) is 21.3 Å². The minimum absolute atomic E-state index is 0.0196. The number of methoxy groups -OCH3 is 3. The van der Waals surface area contributed by atoms with Crippen molar-refractivity contribution in [3.63, 3.8) is 0 Å². The summed E-state index contributed by atoms with van der Waals surface area (Å²) in [6.07, 6.45) is 1.62. The molecule has 0 aromatic heterocycles. The molecule has 2 aliphatic rings. The van der Waals surface area contributed by atoms with E-state index in [1.165, 1.54) is 0 Å². The van der Waals surface area contributed by atoms with Gasteiger partial charge in [-0.3, -0.25) is 4.79 Å². The number of carbonyl (C=O) groups excluding carboxylic acids is 2. The van der Waals surface area contributed by atoms with E-state index in [2.05, 4.69) is 21.2 Å². The summed E-state index contributed by atoms with van der Waals surface area (Å²) < 4.78 is 22.9. The summed E-state index contributed by atoms with van der Waals surface area (Å²) in [5.41, 5.74) is 4.24. The topological polar surface area (TPSA) is 83.1 Å². The van der Waals surface area contributed by atoms with Crippen LogP contribution in [0.2, 0.25) is 0 Å². The van der Waals surface area contributed by atoms with Gasteiger partial charge in [-0.05, 0) is 61.6 Å². The van der Waals surface area contributed by atoms with E-state index in [-0.39, 0.29) is 11.7 Å². The number of esters is 1. The second-order valence-corrected chi connectivity index (χ2v) is 10.1. The summed E-state index contributed by atoms with van der Waals surface area (Å²) in [5, 5.41) is 3.39. The number of benzene rings is 2. The van der Waals surface area contributed by atoms with Crippen molar-refractivity contribution in [1.29, 1.82) is 0 Å². The molecule has 1 N–H and O–H groups in total. The van der Waals surface area contributed by atoms with E-state index < -0.39 is 11.9 Å². The summed E-state index contributed by atoms with van der Waals surface area (Å²) in [7, 11) is 4.78. The van der Waals surface area contributed by atoms with Crippen molar-refractivity contribution in [3.05, 3.63) is 74.5 Å². The van der Waals surface area contributed by atoms with Crippen molar-refractivity contribution in [2.24, 2.45) is 0 Å². The van der Waals surface area contributed by atoms with E-state index >= 15 is 0 Å². The smallest absolute Gasteiger partial charge is 0.336 e. The van der Waals surface area contributed by atoms with Crippen LogP contribution in [0, 0.1) is 0 Å². The minimum atomic E-state index is -0.605. The van der Waals surface area contributed by atoms with E-state index in [1.807, 2.05) is 50.2 Å². The van der Waals surface area contributed by atoms with Gasteiger partial charge in [-0.2, -0.15) is 0 Å². The van der Waals surface area contributed by atoms with Crippen molar-refractivity contribution < 1.29 is 28.5 Å². The molecule has 37 heavy (non-hydrogen) atoms. The average Bonchev–Trinajstić information content (AvgIpc) is 2.90. The second-order valence-electron chi connectivity index (χ2n) is 9.15. The van der Waals surface area contributed by atoms with Crippen LogP contribution in [0.5, 0.6) is 17.2 Å². The summed E-state index contributed by atoms with van der Waals surface area (Å²) in [6.45, 7) is 4.11. The molecule has 4 rings (SSSR count). The van der Waals surface area contributed by atoms with Crippen LogP contribution in [0.25, 0.3) is 0 Å². The van der Waals surface area contributed by atoms with Crippen LogP contribution >= 0.6 is 15.9 Å². The van der Waals surface area contributed by atoms with Crippen LogP contribution in [0.4, 0.5) is 0 Å². The maximum atomic E-state index is 13.9. The van der Waals surface area contributed by atoms with Gasteiger partial charge in [0.05, 0.1) is 39.4 Å². The van der Waals surface area contributed by atoms with Gasteiger partial charge in [0.2, 0.25) is 0 Å². The first-order valence-corrected chi connectivity index (χ1v) is 13.1. The first kappa shape index (κ1) is 26.8. The zero-order valence-electron chi connectivity index (χ0n) is 21.8. The number of allylic oxidation sites excluding steroid dienone is 3. The predicted molar refractivity (Wildman–Crippen MR) is 144 cm³/mol. The van der Waals surface area contributed by atoms with E-state index in [9.17, 15) is 9.59 Å². The lowest BCUT2D eigenvalue weighted by atomic mass is 9.71. The van der Waals surface area contributed by atoms with Gasteiger partial charge in [0.25, 0.3) is 0 Å². The van der Waals surface area contributed by atoms with Crippen LogP contribution in [0.15, 0.2) is 63.4 Å². The molecule has 1 aliphatic heterocycles. The summed E-state index contributed by atoms with van der Waals surface area (Å²) in [5.74, 6) is 0.758. The fourth-order valence-corrected chi connectivity index (χ4v) is 5.55. The fourth-order valence-electron chi connectivity index (χ4n) is 5.17. The Bertz CT molecular complexity index is 1280. The van der Waals surface area contributed by atoms with Crippen molar-refractivity contribution in [2.45, 2.75) is 44.9 Å². The second kappa shape index (κ2) is 11.4. The third kappa shape index (κ3) is 5.25. The lowest BCUT2D eigenvalue weighted by Crippen LogP contribution is -2.36. The molecule has 0 saturated carbocycles. The Morgan fingerprint density at radius 3 is 2.38 bits per heavy atom. The van der Waals surface area contributed by atoms with Gasteiger partial charge in [0.15, 0.2) is 17.3 Å². The van der Waals surface area contributed by atoms with Gasteiger partial charge in [0.1, 0.15) is 5.75 Å². The van der Waals surface area contributed by atoms with Gasteiger partial charge in [-0.15, -0.1) is 0 Å². The Labute approximate surface area is 225 Å². The molecular formula is C29H32BrNO6. The average molecular weight is 570 g/mol. The Hall–Kier alpha value is -3.26. The molecule has 0 bridgehead atoms. The summed E-state index contributed by atoms with van der Waals surface area (Å²) in [4.78, 5) is 27.2. The molecule has 0 spiro atoms. The third-order valence-electron chi connectivity index (χ3n) is 6.87. The van der Waals surface area contributed by atoms with Crippen LogP contribution in [-0.2, 0) is 14.3 Å². The molecule has 7 nitrogen and oxygen atoms in total. The SMILES string of the molecule is CCCOC(=O)C1=C(C)NC2=C(C(=O)C[C@H](c3ccc(OC)c(OC)c3)C2)[C@@H]1c1cc(Br)ccc1OC. The predicted octanol–water partition coefficient (Wildman–Crippen LogP) is 5.79. The van der Waals surface area contributed by atoms with E-state index in [4.69, 9.17) is 18.9 Å². The van der Waals surface area contributed by atoms with E-state index in [0.29, 0.717) is 60.0 Å². The van der Waals surface area contributed by atoms with Crippen LogP contribution in [-0.4, -0.2) is 39.7 Å². The molecule has 2 atom stereocenters. The molecule has 0 saturated heterocycles. The molecule has 2 aromatic rings. The first-order chi connectivity index (χ1) is 17.8. The normalized spacial score (nSPS) is 19.2. The number of dihydropyridines is 1. The number of hydrogen-bond acceptors (Lipinski definition) is 7. The molecule has 1 heterocycles. The minimum Gasteiger partial charge on any atom is -0.496 e. The molecule has 0 unspecified atom stereocenters. The number of ether oxygens (including phenoxy) is 4. The number of halogens is 1. The van der Waals surface area contributed by atoms with Gasteiger partial charge < -0.3 is 24.3 Å². The highest BCUT2D eigenvalue weighted by Crippen LogP contribution is 2.48. The van der Waals surface area contributed by atoms with Gasteiger partial charge in [0, 0.05) is 33.4 Å². The number of Topliss-reactive ketones (excluding diaryl/α,β-unsaturated/α-hetero) is 1. The summed E-state index contributed by atoms with van der Waals surface area (Å²) in [6, 6.07) is 11.4. The molecule has 0 fully saturated rings. The maximum absolute atomic E-state index is 13.9. The van der Waals surface area contributed by atoms with Gasteiger partial charge >= 0.3 is 5.97 Å². The third-order valence-corrected chi connectivity index (χ3v) is 7.36. The zero-order valence-corrected chi connectivity index (χ0v) is 23.4. The zero-order chi connectivity index (χ0) is 26.7. The number of hydrogen-bond donors (Lipinski definition) is 1. The molecule has 2 aromatic carbocycles. The van der Waals surface area contributed by atoms with Gasteiger partial charge in [-0.1, -0.05) is 28.9 Å². The quantitative estimate of drug-likeness (QED) is 0.403. The van der Waals surface area contributed by atoms with Crippen molar-refractivity contribution >= 4 is 27.7 Å². The van der Waals surface area contributed by atoms with Crippen molar-refractivity contribution in [2.75, 3.05) is 27.9 Å². The number of carbonyl (C=O) groups is 2. The maximum Gasteiger partial charge on any atom is 0.336 e. The Balaban J connectivity index is 1.81. The van der Waals surface area contributed by atoms with Crippen LogP contribution in [0.1, 0.15) is 56.1 Å². The highest BCUT2D eigenvalue weighted by atomic mass is 79.9. The molecule has 1 aliphatic carbocycles. The molecule has 8 heteroatoms. The van der Waals surface area contributed by atoms with Crippen LogP contribution in [0.3, 0.4) is 0 Å². The first-order valence-electron chi connectivity index (χ1n) is 12.3. The Morgan fingerprint density at radius 2 is 1.70 bits per heavy atom. The lowest BCUT2D eigenvalue weighted by molar-refractivity contribution is -0.139. The molecule has 0 radical (unpaired) electrons. The monoisotopic (exact) mass is 569 g/mol. The molecule has 196 valence electrons. The van der Waals surface area contributed by atoms with Crippen molar-refractivity contribution in [3.8, 4) is 17.2 Å².